The van der Waals surface area contributed by atoms with Crippen LogP contribution in [0.25, 0.3) is 0 Å². The first kappa shape index (κ1) is 31.2. The second-order valence-electron chi connectivity index (χ2n) is 11.5. The molecule has 34 heavy (non-hydrogen) atoms. The van der Waals surface area contributed by atoms with Crippen LogP contribution in [0.3, 0.4) is 0 Å². The molecule has 2 nitrogen and oxygen atoms in total. The van der Waals surface area contributed by atoms with Gasteiger partial charge in [-0.25, -0.2) is 9.13 Å². The minimum Gasteiger partial charge on any atom is -0.237 e. The van der Waals surface area contributed by atoms with Gasteiger partial charge in [0, 0.05) is 0 Å². The van der Waals surface area contributed by atoms with Crippen molar-refractivity contribution in [1.82, 2.24) is 4.57 Å². The van der Waals surface area contributed by atoms with E-state index in [0.717, 1.165) is 5.92 Å². The Balaban J connectivity index is 1.83. The minimum absolute atomic E-state index is 0.881. The van der Waals surface area contributed by atoms with Crippen molar-refractivity contribution in [3.8, 4) is 0 Å². The molecule has 0 saturated carbocycles. The fraction of sp³-hybridized carbons (Fsp3) is 0.906. The summed E-state index contributed by atoms with van der Waals surface area (Å²) in [5.74, 6) is 0.881. The van der Waals surface area contributed by atoms with E-state index in [-0.39, 0.29) is 0 Å². The topological polar surface area (TPSA) is 8.81 Å². The smallest absolute Gasteiger partial charge is 0.237 e. The molecule has 0 aliphatic carbocycles. The Morgan fingerprint density at radius 2 is 1.00 bits per heavy atom. The number of hydrogen-bond acceptors (Lipinski definition) is 0. The lowest BCUT2D eigenvalue weighted by Gasteiger charge is -2.04. The lowest BCUT2D eigenvalue weighted by atomic mass is 10.0. The van der Waals surface area contributed by atoms with Crippen LogP contribution in [0.5, 0.6) is 0 Å². The zero-order chi connectivity index (χ0) is 24.5. The third kappa shape index (κ3) is 20.6. The third-order valence-corrected chi connectivity index (χ3v) is 7.46. The van der Waals surface area contributed by atoms with Gasteiger partial charge in [0.1, 0.15) is 12.4 Å². The summed E-state index contributed by atoms with van der Waals surface area (Å²) in [5, 5.41) is 0. The van der Waals surface area contributed by atoms with E-state index in [9.17, 15) is 0 Å². The fourth-order valence-corrected chi connectivity index (χ4v) is 5.10. The Morgan fingerprint density at radius 1 is 0.559 bits per heavy atom. The van der Waals surface area contributed by atoms with Crippen LogP contribution in [0.4, 0.5) is 0 Å². The summed E-state index contributed by atoms with van der Waals surface area (Å²) in [6.07, 6.45) is 39.8. The van der Waals surface area contributed by atoms with Gasteiger partial charge in [0.2, 0.25) is 6.33 Å². The lowest BCUT2D eigenvalue weighted by Crippen LogP contribution is -2.30. The minimum atomic E-state index is 0.881. The van der Waals surface area contributed by atoms with Gasteiger partial charge in [-0.15, -0.1) is 0 Å². The van der Waals surface area contributed by atoms with Crippen molar-refractivity contribution >= 4 is 0 Å². The van der Waals surface area contributed by atoms with E-state index < -0.39 is 0 Å². The van der Waals surface area contributed by atoms with Crippen LogP contribution < -0.4 is 4.57 Å². The van der Waals surface area contributed by atoms with Gasteiger partial charge < -0.3 is 0 Å². The molecule has 0 N–H and O–H groups in total. The van der Waals surface area contributed by atoms with Crippen LogP contribution >= 0.6 is 0 Å². The molecule has 1 rings (SSSR count). The highest BCUT2D eigenvalue weighted by atomic mass is 15.1. The van der Waals surface area contributed by atoms with E-state index in [2.05, 4.69) is 48.6 Å². The van der Waals surface area contributed by atoms with Gasteiger partial charge in [-0.1, -0.05) is 143 Å². The zero-order valence-corrected chi connectivity index (χ0v) is 23.9. The van der Waals surface area contributed by atoms with Crippen molar-refractivity contribution in [2.24, 2.45) is 5.92 Å². The molecule has 0 aliphatic heterocycles. The van der Waals surface area contributed by atoms with Crippen molar-refractivity contribution in [3.05, 3.63) is 18.7 Å². The molecule has 0 fully saturated rings. The van der Waals surface area contributed by atoms with Crippen molar-refractivity contribution in [3.63, 3.8) is 0 Å². The first-order valence-electron chi connectivity index (χ1n) is 15.8. The molecule has 0 radical (unpaired) electrons. The van der Waals surface area contributed by atoms with Gasteiger partial charge in [-0.2, -0.15) is 0 Å². The molecule has 1 aromatic heterocycles. The summed E-state index contributed by atoms with van der Waals surface area (Å²) in [6, 6.07) is 0. The average Bonchev–Trinajstić information content (AvgIpc) is 3.28. The Kier molecular flexibility index (Phi) is 22.0. The number of nitrogens with zero attached hydrogens (tertiary/aromatic N) is 2. The largest absolute Gasteiger partial charge is 0.243 e. The standard InChI is InChI=1S/C32H63N2/c1-4-5-6-7-8-9-10-11-12-13-15-18-21-24-27-33-29-30-34(31-33)28-25-22-19-16-14-17-20-23-26-32(2)3/h29-32H,4-28H2,1-3H3/q+1. The highest BCUT2D eigenvalue weighted by Crippen LogP contribution is 2.14. The highest BCUT2D eigenvalue weighted by molar-refractivity contribution is 4.66. The predicted octanol–water partition coefficient (Wildman–Crippen LogP) is 10.4. The first-order chi connectivity index (χ1) is 16.7. The van der Waals surface area contributed by atoms with Gasteiger partial charge in [0.05, 0.1) is 13.1 Å². The van der Waals surface area contributed by atoms with E-state index in [0.29, 0.717) is 0 Å². The van der Waals surface area contributed by atoms with Crippen LogP contribution in [0.15, 0.2) is 18.7 Å². The van der Waals surface area contributed by atoms with E-state index >= 15 is 0 Å². The van der Waals surface area contributed by atoms with E-state index in [1.165, 1.54) is 161 Å². The summed E-state index contributed by atoms with van der Waals surface area (Å²) >= 11 is 0. The van der Waals surface area contributed by atoms with Crippen LogP contribution in [0.2, 0.25) is 0 Å². The van der Waals surface area contributed by atoms with Gasteiger partial charge in [-0.3, -0.25) is 0 Å². The van der Waals surface area contributed by atoms with Crippen LogP contribution in [-0.2, 0) is 13.1 Å². The lowest BCUT2D eigenvalue weighted by molar-refractivity contribution is -0.696. The van der Waals surface area contributed by atoms with Crippen LogP contribution in [0.1, 0.15) is 168 Å². The maximum absolute atomic E-state index is 2.40. The van der Waals surface area contributed by atoms with E-state index in [4.69, 9.17) is 0 Å². The molecular weight excluding hydrogens is 412 g/mol. The monoisotopic (exact) mass is 475 g/mol. The normalized spacial score (nSPS) is 11.6. The van der Waals surface area contributed by atoms with Crippen molar-refractivity contribution in [2.75, 3.05) is 0 Å². The zero-order valence-electron chi connectivity index (χ0n) is 23.9. The molecule has 0 aliphatic rings. The van der Waals surface area contributed by atoms with Crippen molar-refractivity contribution in [2.45, 2.75) is 182 Å². The quantitative estimate of drug-likeness (QED) is 0.0930. The fourth-order valence-electron chi connectivity index (χ4n) is 5.10. The van der Waals surface area contributed by atoms with E-state index in [1.54, 1.807) is 0 Å². The number of unbranched alkanes of at least 4 members (excludes halogenated alkanes) is 20. The first-order valence-corrected chi connectivity index (χ1v) is 15.8. The van der Waals surface area contributed by atoms with Crippen LogP contribution in [0, 0.1) is 5.92 Å². The van der Waals surface area contributed by atoms with Crippen molar-refractivity contribution < 1.29 is 4.57 Å². The van der Waals surface area contributed by atoms with Crippen molar-refractivity contribution in [1.29, 1.82) is 0 Å². The highest BCUT2D eigenvalue weighted by Gasteiger charge is 2.04. The molecule has 1 heterocycles. The molecule has 200 valence electrons. The molecule has 0 atom stereocenters. The van der Waals surface area contributed by atoms with Gasteiger partial charge in [-0.05, 0) is 31.6 Å². The summed E-state index contributed by atoms with van der Waals surface area (Å²) in [5.41, 5.74) is 0. The molecule has 0 bridgehead atoms. The molecular formula is C32H63N2+. The SMILES string of the molecule is CCCCCCCCCCCCCCCC[n+]1ccn(CCCCCCCCCCC(C)C)c1. The maximum Gasteiger partial charge on any atom is 0.243 e. The number of rotatable bonds is 26. The molecule has 0 aromatic carbocycles. The molecule has 1 aromatic rings. The maximum atomic E-state index is 2.40. The van der Waals surface area contributed by atoms with Crippen LogP contribution in [-0.4, -0.2) is 4.57 Å². The Hall–Kier alpha value is -0.790. The summed E-state index contributed by atoms with van der Waals surface area (Å²) in [7, 11) is 0. The third-order valence-electron chi connectivity index (χ3n) is 7.46. The summed E-state index contributed by atoms with van der Waals surface area (Å²) in [4.78, 5) is 0. The Labute approximate surface area is 215 Å². The average molecular weight is 476 g/mol. The molecule has 0 spiro atoms. The van der Waals surface area contributed by atoms with Gasteiger partial charge in [0.25, 0.3) is 0 Å². The Bertz CT molecular complexity index is 519. The molecule has 2 heteroatoms. The van der Waals surface area contributed by atoms with Gasteiger partial charge >= 0.3 is 0 Å². The number of hydrogen-bond donors (Lipinski definition) is 0. The number of aromatic nitrogens is 2. The molecule has 0 saturated heterocycles. The number of aryl methyl sites for hydroxylation is 2. The number of imidazole rings is 1. The van der Waals surface area contributed by atoms with E-state index in [1.807, 2.05) is 0 Å². The summed E-state index contributed by atoms with van der Waals surface area (Å²) in [6.45, 7) is 9.37. The molecule has 0 unspecified atom stereocenters. The van der Waals surface area contributed by atoms with Gasteiger partial charge in [0.15, 0.2) is 0 Å². The Morgan fingerprint density at radius 3 is 1.50 bits per heavy atom. The predicted molar refractivity (Wildman–Crippen MR) is 151 cm³/mol. The molecule has 0 amide bonds. The second kappa shape index (κ2) is 23.9. The summed E-state index contributed by atoms with van der Waals surface area (Å²) < 4.78 is 4.80. The second-order valence-corrected chi connectivity index (χ2v) is 11.5.